The molecule has 4 rings (SSSR count). The van der Waals surface area contributed by atoms with Crippen molar-refractivity contribution in [3.8, 4) is 0 Å². The van der Waals surface area contributed by atoms with E-state index in [0.717, 1.165) is 25.7 Å². The van der Waals surface area contributed by atoms with E-state index in [9.17, 15) is 0 Å². The van der Waals surface area contributed by atoms with Crippen LogP contribution in [-0.2, 0) is 0 Å². The Morgan fingerprint density at radius 3 is 1.44 bits per heavy atom. The highest BCUT2D eigenvalue weighted by Gasteiger charge is 2.28. The Hall–Kier alpha value is -2.68. The summed E-state index contributed by atoms with van der Waals surface area (Å²) in [6.07, 6.45) is 9.08. The van der Waals surface area contributed by atoms with Crippen LogP contribution in [0.15, 0.2) is 48.6 Å². The van der Waals surface area contributed by atoms with Crippen LogP contribution in [0.5, 0.6) is 0 Å². The average molecular weight is 430 g/mol. The summed E-state index contributed by atoms with van der Waals surface area (Å²) in [4.78, 5) is 2.31. The molecule has 0 amide bonds. The highest BCUT2D eigenvalue weighted by Crippen LogP contribution is 2.42. The highest BCUT2D eigenvalue weighted by molar-refractivity contribution is 5.86. The average Bonchev–Trinajstić information content (AvgIpc) is 2.82. The molecule has 2 unspecified atom stereocenters. The van der Waals surface area contributed by atoms with Crippen LogP contribution in [0.1, 0.15) is 78.4 Å². The molecule has 2 N–H and O–H groups in total. The van der Waals surface area contributed by atoms with E-state index >= 15 is 0 Å². The molecule has 3 heteroatoms. The molecule has 0 fully saturated rings. The fraction of sp³-hybridized carbons (Fsp3) is 0.448. The van der Waals surface area contributed by atoms with Gasteiger partial charge in [-0.1, -0.05) is 39.8 Å². The van der Waals surface area contributed by atoms with Crippen LogP contribution in [0.3, 0.4) is 0 Å². The number of rotatable bonds is 6. The first-order chi connectivity index (χ1) is 15.2. The van der Waals surface area contributed by atoms with Crippen LogP contribution in [-0.4, -0.2) is 18.1 Å². The molecule has 32 heavy (non-hydrogen) atoms. The van der Waals surface area contributed by atoms with Gasteiger partial charge in [-0.15, -0.1) is 0 Å². The van der Waals surface area contributed by atoms with E-state index in [1.807, 2.05) is 0 Å². The summed E-state index contributed by atoms with van der Waals surface area (Å²) in [6, 6.07) is 13.7. The van der Waals surface area contributed by atoms with Gasteiger partial charge < -0.3 is 15.5 Å². The van der Waals surface area contributed by atoms with E-state index in [1.165, 1.54) is 45.0 Å². The minimum atomic E-state index is 0.0349. The zero-order chi connectivity index (χ0) is 23.1. The van der Waals surface area contributed by atoms with Crippen molar-refractivity contribution in [3.05, 3.63) is 59.7 Å². The second-order valence-electron chi connectivity index (χ2n) is 9.86. The lowest BCUT2D eigenvalue weighted by Crippen LogP contribution is -2.34. The van der Waals surface area contributed by atoms with E-state index < -0.39 is 0 Å². The molecule has 2 aromatic rings. The van der Waals surface area contributed by atoms with Crippen molar-refractivity contribution in [1.29, 1.82) is 0 Å². The van der Waals surface area contributed by atoms with Crippen molar-refractivity contribution in [3.63, 3.8) is 0 Å². The third-order valence-corrected chi connectivity index (χ3v) is 7.53. The monoisotopic (exact) mass is 429 g/mol. The van der Waals surface area contributed by atoms with Gasteiger partial charge in [0.05, 0.1) is 11.1 Å². The Balaban J connectivity index is 1.70. The van der Waals surface area contributed by atoms with Crippen LogP contribution in [0.4, 0.5) is 22.7 Å². The summed E-state index contributed by atoms with van der Waals surface area (Å²) in [5.41, 5.74) is 10.5. The van der Waals surface area contributed by atoms with Crippen molar-refractivity contribution in [2.75, 3.05) is 22.6 Å². The number of anilines is 4. The maximum atomic E-state index is 3.75. The van der Waals surface area contributed by atoms with Gasteiger partial charge in [0.25, 0.3) is 0 Å². The van der Waals surface area contributed by atoms with Gasteiger partial charge in [0.2, 0.25) is 0 Å². The van der Waals surface area contributed by atoms with Crippen LogP contribution in [0.2, 0.25) is 0 Å². The Kier molecular flexibility index (Phi) is 5.87. The number of allylic oxidation sites excluding steroid dienone is 2. The smallest absolute Gasteiger partial charge is 0.0531 e. The quantitative estimate of drug-likeness (QED) is 0.484. The summed E-state index contributed by atoms with van der Waals surface area (Å²) < 4.78 is 0. The van der Waals surface area contributed by atoms with Crippen molar-refractivity contribution in [1.82, 2.24) is 0 Å². The van der Waals surface area contributed by atoms with Gasteiger partial charge in [0.15, 0.2) is 0 Å². The van der Waals surface area contributed by atoms with E-state index in [-0.39, 0.29) is 11.1 Å². The van der Waals surface area contributed by atoms with E-state index in [0.29, 0.717) is 0 Å². The van der Waals surface area contributed by atoms with Gasteiger partial charge in [-0.05, 0) is 87.1 Å². The van der Waals surface area contributed by atoms with Crippen molar-refractivity contribution in [2.24, 2.45) is 0 Å². The fourth-order valence-corrected chi connectivity index (χ4v) is 4.96. The summed E-state index contributed by atoms with van der Waals surface area (Å²) in [6.45, 7) is 13.6. The Bertz CT molecular complexity index is 994. The number of hydrogen-bond donors (Lipinski definition) is 2. The molecule has 3 nitrogen and oxygen atoms in total. The molecule has 170 valence electrons. The maximum absolute atomic E-state index is 3.75. The lowest BCUT2D eigenvalue weighted by Gasteiger charge is -2.36. The molecular weight excluding hydrogens is 390 g/mol. The van der Waals surface area contributed by atoms with E-state index in [2.05, 4.69) is 113 Å². The summed E-state index contributed by atoms with van der Waals surface area (Å²) in [7, 11) is 2.17. The predicted molar refractivity (Wildman–Crippen MR) is 142 cm³/mol. The van der Waals surface area contributed by atoms with Crippen molar-refractivity contribution >= 4 is 33.9 Å². The van der Waals surface area contributed by atoms with E-state index in [1.54, 1.807) is 0 Å². The number of fused-ring (bicyclic) bond motifs is 2. The molecule has 2 aliphatic heterocycles. The molecule has 2 heterocycles. The topological polar surface area (TPSA) is 27.3 Å². The second-order valence-corrected chi connectivity index (χ2v) is 9.86. The first kappa shape index (κ1) is 22.5. The Morgan fingerprint density at radius 2 is 1.09 bits per heavy atom. The number of hydrogen-bond acceptors (Lipinski definition) is 3. The van der Waals surface area contributed by atoms with Crippen LogP contribution >= 0.6 is 0 Å². The fourth-order valence-electron chi connectivity index (χ4n) is 4.96. The van der Waals surface area contributed by atoms with E-state index in [4.69, 9.17) is 0 Å². The SMILES string of the molecule is CCC1=CC(C)(CC)Nc2ccc(N(C)c3ccc4c(c3)C(CC)=CC(C)(CC)N4)cc21. The molecule has 2 atom stereocenters. The molecule has 0 aromatic heterocycles. The standard InChI is InChI=1S/C29H39N3/c1-8-20-18-28(5,10-3)30-26-14-12-22(16-24(20)26)32(7)23-13-15-27-25(17-23)21(9-2)19-29(6,11-4)31-27/h12-19,30-31H,8-11H2,1-7H3. The third-order valence-electron chi connectivity index (χ3n) is 7.53. The number of nitrogens with one attached hydrogen (secondary N) is 2. The van der Waals surface area contributed by atoms with Gasteiger partial charge in [0.1, 0.15) is 0 Å². The summed E-state index contributed by atoms with van der Waals surface area (Å²) >= 11 is 0. The lowest BCUT2D eigenvalue weighted by atomic mass is 9.86. The zero-order valence-corrected chi connectivity index (χ0v) is 20.9. The van der Waals surface area contributed by atoms with Gasteiger partial charge >= 0.3 is 0 Å². The molecule has 2 aromatic carbocycles. The van der Waals surface area contributed by atoms with Crippen molar-refractivity contribution < 1.29 is 0 Å². The minimum absolute atomic E-state index is 0.0349. The molecule has 0 bridgehead atoms. The lowest BCUT2D eigenvalue weighted by molar-refractivity contribution is 0.607. The van der Waals surface area contributed by atoms with Crippen LogP contribution in [0.25, 0.3) is 11.1 Å². The second kappa shape index (κ2) is 8.35. The highest BCUT2D eigenvalue weighted by atomic mass is 15.1. The Morgan fingerprint density at radius 1 is 0.688 bits per heavy atom. The first-order valence-electron chi connectivity index (χ1n) is 12.3. The molecule has 2 aliphatic rings. The molecule has 0 saturated carbocycles. The summed E-state index contributed by atoms with van der Waals surface area (Å²) in [5, 5.41) is 7.50. The van der Waals surface area contributed by atoms with Gasteiger partial charge in [-0.3, -0.25) is 0 Å². The minimum Gasteiger partial charge on any atom is -0.376 e. The van der Waals surface area contributed by atoms with Crippen molar-refractivity contribution in [2.45, 2.75) is 78.3 Å². The van der Waals surface area contributed by atoms with Gasteiger partial charge in [-0.2, -0.15) is 0 Å². The molecule has 0 aliphatic carbocycles. The largest absolute Gasteiger partial charge is 0.376 e. The van der Waals surface area contributed by atoms with Gasteiger partial charge in [-0.25, -0.2) is 0 Å². The van der Waals surface area contributed by atoms with Crippen LogP contribution < -0.4 is 15.5 Å². The molecular formula is C29H39N3. The molecule has 0 saturated heterocycles. The number of nitrogens with zero attached hydrogens (tertiary/aromatic N) is 1. The number of benzene rings is 2. The predicted octanol–water partition coefficient (Wildman–Crippen LogP) is 8.23. The van der Waals surface area contributed by atoms with Gasteiger partial charge in [0, 0.05) is 40.9 Å². The third kappa shape index (κ3) is 3.94. The zero-order valence-electron chi connectivity index (χ0n) is 20.9. The normalized spacial score (nSPS) is 23.8. The van der Waals surface area contributed by atoms with Crippen LogP contribution in [0, 0.1) is 0 Å². The molecule has 0 spiro atoms. The summed E-state index contributed by atoms with van der Waals surface area (Å²) in [5.74, 6) is 0. The maximum Gasteiger partial charge on any atom is 0.0531 e. The first-order valence-corrected chi connectivity index (χ1v) is 12.3. The molecule has 0 radical (unpaired) electrons. The Labute approximate surface area is 194 Å².